The van der Waals surface area contributed by atoms with Crippen molar-refractivity contribution in [1.82, 2.24) is 5.32 Å². The molecular weight excluding hydrogens is 248 g/mol. The Bertz CT molecular complexity index is 453. The van der Waals surface area contributed by atoms with Crippen molar-refractivity contribution in [2.24, 2.45) is 11.7 Å². The molecule has 1 aliphatic carbocycles. The second-order valence-corrected chi connectivity index (χ2v) is 6.25. The van der Waals surface area contributed by atoms with Crippen LogP contribution in [-0.2, 0) is 4.79 Å². The molecule has 1 fully saturated rings. The number of nitrogens with one attached hydrogen (secondary N) is 1. The van der Waals surface area contributed by atoms with E-state index < -0.39 is 0 Å². The number of benzene rings is 1. The van der Waals surface area contributed by atoms with Crippen LogP contribution in [0.3, 0.4) is 0 Å². The molecule has 110 valence electrons. The van der Waals surface area contributed by atoms with Crippen LogP contribution in [0, 0.1) is 5.92 Å². The zero-order valence-corrected chi connectivity index (χ0v) is 12.7. The van der Waals surface area contributed by atoms with Crippen LogP contribution in [-0.4, -0.2) is 11.9 Å². The fraction of sp³-hybridized carbons (Fsp3) is 0.588. The summed E-state index contributed by atoms with van der Waals surface area (Å²) in [6.07, 6.45) is 2.96. The highest BCUT2D eigenvalue weighted by atomic mass is 16.2. The minimum absolute atomic E-state index is 0.00705. The van der Waals surface area contributed by atoms with Crippen LogP contribution in [0.2, 0.25) is 0 Å². The molecule has 3 heteroatoms. The normalized spacial score (nSPS) is 23.9. The van der Waals surface area contributed by atoms with Crippen LogP contribution in [0.5, 0.6) is 0 Å². The van der Waals surface area contributed by atoms with Gasteiger partial charge in [-0.05, 0) is 36.8 Å². The minimum atomic E-state index is -0.00705. The monoisotopic (exact) mass is 274 g/mol. The molecule has 0 saturated heterocycles. The van der Waals surface area contributed by atoms with E-state index in [-0.39, 0.29) is 23.9 Å². The number of carbonyl (C=O) groups is 1. The van der Waals surface area contributed by atoms with E-state index in [1.807, 2.05) is 6.92 Å². The van der Waals surface area contributed by atoms with E-state index >= 15 is 0 Å². The first kappa shape index (κ1) is 15.0. The molecule has 1 aromatic rings. The van der Waals surface area contributed by atoms with Crippen LogP contribution in [0.4, 0.5) is 0 Å². The van der Waals surface area contributed by atoms with Crippen molar-refractivity contribution in [3.05, 3.63) is 35.4 Å². The van der Waals surface area contributed by atoms with Gasteiger partial charge in [0.1, 0.15) is 0 Å². The standard InChI is InChI=1S/C17H26N2O/c1-11(2)13-7-9-14(10-8-13)12(3)19-17(20)15-5-4-6-16(15)18/h7-12,15-16H,4-6,18H2,1-3H3,(H,19,20). The summed E-state index contributed by atoms with van der Waals surface area (Å²) < 4.78 is 0. The molecule has 3 atom stereocenters. The van der Waals surface area contributed by atoms with E-state index in [0.717, 1.165) is 24.8 Å². The quantitative estimate of drug-likeness (QED) is 0.886. The second kappa shape index (κ2) is 6.40. The smallest absolute Gasteiger partial charge is 0.225 e. The zero-order valence-electron chi connectivity index (χ0n) is 12.7. The lowest BCUT2D eigenvalue weighted by Crippen LogP contribution is -2.39. The topological polar surface area (TPSA) is 55.1 Å². The van der Waals surface area contributed by atoms with Gasteiger partial charge in [-0.3, -0.25) is 4.79 Å². The van der Waals surface area contributed by atoms with E-state index in [0.29, 0.717) is 5.92 Å². The van der Waals surface area contributed by atoms with Crippen molar-refractivity contribution in [2.45, 2.75) is 58.0 Å². The van der Waals surface area contributed by atoms with Gasteiger partial charge >= 0.3 is 0 Å². The largest absolute Gasteiger partial charge is 0.349 e. The molecule has 0 aliphatic heterocycles. The van der Waals surface area contributed by atoms with E-state index in [4.69, 9.17) is 5.73 Å². The Morgan fingerprint density at radius 1 is 1.15 bits per heavy atom. The van der Waals surface area contributed by atoms with E-state index in [1.54, 1.807) is 0 Å². The highest BCUT2D eigenvalue weighted by molar-refractivity contribution is 5.80. The Kier molecular flexibility index (Phi) is 4.81. The van der Waals surface area contributed by atoms with Crippen LogP contribution in [0.1, 0.15) is 63.1 Å². The summed E-state index contributed by atoms with van der Waals surface area (Å²) in [7, 11) is 0. The molecule has 0 heterocycles. The van der Waals surface area contributed by atoms with Gasteiger partial charge in [-0.25, -0.2) is 0 Å². The average molecular weight is 274 g/mol. The first-order valence-electron chi connectivity index (χ1n) is 7.65. The summed E-state index contributed by atoms with van der Waals surface area (Å²) in [5.74, 6) is 0.633. The van der Waals surface area contributed by atoms with Gasteiger partial charge in [0, 0.05) is 6.04 Å². The highest BCUT2D eigenvalue weighted by Crippen LogP contribution is 2.25. The molecule has 0 spiro atoms. The van der Waals surface area contributed by atoms with E-state index in [9.17, 15) is 4.79 Å². The fourth-order valence-electron chi connectivity index (χ4n) is 2.89. The lowest BCUT2D eigenvalue weighted by molar-refractivity contribution is -0.125. The minimum Gasteiger partial charge on any atom is -0.349 e. The molecule has 3 unspecified atom stereocenters. The number of hydrogen-bond acceptors (Lipinski definition) is 2. The molecule has 0 bridgehead atoms. The van der Waals surface area contributed by atoms with Gasteiger partial charge in [0.15, 0.2) is 0 Å². The molecule has 3 N–H and O–H groups in total. The molecular formula is C17H26N2O. The number of rotatable bonds is 4. The maximum Gasteiger partial charge on any atom is 0.225 e. The Hall–Kier alpha value is -1.35. The van der Waals surface area contributed by atoms with Gasteiger partial charge < -0.3 is 11.1 Å². The summed E-state index contributed by atoms with van der Waals surface area (Å²) in [4.78, 5) is 12.2. The molecule has 20 heavy (non-hydrogen) atoms. The van der Waals surface area contributed by atoms with Crippen molar-refractivity contribution in [1.29, 1.82) is 0 Å². The van der Waals surface area contributed by atoms with Crippen molar-refractivity contribution in [3.8, 4) is 0 Å². The van der Waals surface area contributed by atoms with E-state index in [1.165, 1.54) is 5.56 Å². The Morgan fingerprint density at radius 2 is 1.75 bits per heavy atom. The van der Waals surface area contributed by atoms with E-state index in [2.05, 4.69) is 43.4 Å². The van der Waals surface area contributed by atoms with Gasteiger partial charge in [0.2, 0.25) is 5.91 Å². The second-order valence-electron chi connectivity index (χ2n) is 6.25. The lowest BCUT2D eigenvalue weighted by Gasteiger charge is -2.20. The number of nitrogens with two attached hydrogens (primary N) is 1. The Balaban J connectivity index is 1.97. The summed E-state index contributed by atoms with van der Waals surface area (Å²) in [5, 5.41) is 3.10. The molecule has 2 rings (SSSR count). The van der Waals surface area contributed by atoms with Crippen molar-refractivity contribution in [3.63, 3.8) is 0 Å². The van der Waals surface area contributed by atoms with Crippen molar-refractivity contribution >= 4 is 5.91 Å². The third-order valence-electron chi connectivity index (χ3n) is 4.37. The number of amides is 1. The summed E-state index contributed by atoms with van der Waals surface area (Å²) in [6.45, 7) is 6.39. The molecule has 0 aromatic heterocycles. The molecule has 3 nitrogen and oxygen atoms in total. The number of carbonyl (C=O) groups excluding carboxylic acids is 1. The van der Waals surface area contributed by atoms with Crippen LogP contribution >= 0.6 is 0 Å². The molecule has 0 radical (unpaired) electrons. The predicted octanol–water partition coefficient (Wildman–Crippen LogP) is 3.11. The van der Waals surface area contributed by atoms with Crippen molar-refractivity contribution < 1.29 is 4.79 Å². The van der Waals surface area contributed by atoms with Gasteiger partial charge in [-0.2, -0.15) is 0 Å². The molecule has 1 aromatic carbocycles. The predicted molar refractivity (Wildman–Crippen MR) is 82.4 cm³/mol. The van der Waals surface area contributed by atoms with Gasteiger partial charge in [0.05, 0.1) is 12.0 Å². The Morgan fingerprint density at radius 3 is 2.25 bits per heavy atom. The summed E-state index contributed by atoms with van der Waals surface area (Å²) >= 11 is 0. The van der Waals surface area contributed by atoms with Crippen molar-refractivity contribution in [2.75, 3.05) is 0 Å². The van der Waals surface area contributed by atoms with Crippen LogP contribution in [0.25, 0.3) is 0 Å². The Labute approximate surface area is 121 Å². The van der Waals surface area contributed by atoms with Crippen LogP contribution < -0.4 is 11.1 Å². The summed E-state index contributed by atoms with van der Waals surface area (Å²) in [6, 6.07) is 8.57. The molecule has 1 aliphatic rings. The highest BCUT2D eigenvalue weighted by Gasteiger charge is 2.30. The van der Waals surface area contributed by atoms with Gasteiger partial charge in [0.25, 0.3) is 0 Å². The zero-order chi connectivity index (χ0) is 14.7. The van der Waals surface area contributed by atoms with Gasteiger partial charge in [-0.1, -0.05) is 44.5 Å². The lowest BCUT2D eigenvalue weighted by atomic mass is 9.98. The summed E-state index contributed by atoms with van der Waals surface area (Å²) in [5.41, 5.74) is 8.46. The third kappa shape index (κ3) is 3.40. The molecule has 1 saturated carbocycles. The van der Waals surface area contributed by atoms with Gasteiger partial charge in [-0.15, -0.1) is 0 Å². The number of hydrogen-bond donors (Lipinski definition) is 2. The first-order chi connectivity index (χ1) is 9.49. The van der Waals surface area contributed by atoms with Crippen LogP contribution in [0.15, 0.2) is 24.3 Å². The fourth-order valence-corrected chi connectivity index (χ4v) is 2.89. The SMILES string of the molecule is CC(C)c1ccc(C(C)NC(=O)C2CCCC2N)cc1. The maximum absolute atomic E-state index is 12.2. The first-order valence-corrected chi connectivity index (χ1v) is 7.65. The molecule has 1 amide bonds. The average Bonchev–Trinajstić information content (AvgIpc) is 2.85. The third-order valence-corrected chi connectivity index (χ3v) is 4.37. The maximum atomic E-state index is 12.2.